The van der Waals surface area contributed by atoms with E-state index in [0.29, 0.717) is 41.1 Å². The molecule has 0 saturated heterocycles. The van der Waals surface area contributed by atoms with Crippen LogP contribution in [0.5, 0.6) is 11.5 Å². The molecule has 0 unspecified atom stereocenters. The normalized spacial score (nSPS) is 19.6. The Balaban J connectivity index is 1.22. The summed E-state index contributed by atoms with van der Waals surface area (Å²) in [7, 11) is 0. The molecule has 2 fully saturated rings. The third-order valence-corrected chi connectivity index (χ3v) is 7.60. The molecule has 0 aliphatic heterocycles. The van der Waals surface area contributed by atoms with Crippen molar-refractivity contribution < 1.29 is 4.74 Å². The van der Waals surface area contributed by atoms with Crippen LogP contribution in [0.2, 0.25) is 0 Å². The maximum atomic E-state index is 13.9. The zero-order valence-corrected chi connectivity index (χ0v) is 21.7. The van der Waals surface area contributed by atoms with E-state index in [1.807, 2.05) is 54.6 Å². The number of nitriles is 1. The molecule has 0 atom stereocenters. The Morgan fingerprint density at radius 3 is 2.44 bits per heavy atom. The maximum absolute atomic E-state index is 13.9. The number of aromatic nitrogens is 4. The lowest BCUT2D eigenvalue weighted by molar-refractivity contribution is 0.294. The van der Waals surface area contributed by atoms with Crippen molar-refractivity contribution in [1.29, 1.82) is 5.26 Å². The van der Waals surface area contributed by atoms with Crippen LogP contribution in [-0.4, -0.2) is 31.7 Å². The molecule has 198 valence electrons. The fourth-order valence-electron chi connectivity index (χ4n) is 5.40. The summed E-state index contributed by atoms with van der Waals surface area (Å²) in [5.41, 5.74) is 8.68. The molecule has 2 aliphatic rings. The lowest BCUT2D eigenvalue weighted by atomic mass is 9.91. The third kappa shape index (κ3) is 5.29. The highest BCUT2D eigenvalue weighted by atomic mass is 16.5. The van der Waals surface area contributed by atoms with Gasteiger partial charge in [-0.3, -0.25) is 9.13 Å². The topological polar surface area (TPSA) is 124 Å². The first kappa shape index (κ1) is 24.9. The van der Waals surface area contributed by atoms with Crippen LogP contribution >= 0.6 is 0 Å². The Morgan fingerprint density at radius 2 is 1.74 bits per heavy atom. The molecular formula is C30H31N7O2. The Bertz CT molecular complexity index is 1590. The number of fused-ring (bicyclic) bond motifs is 1. The Kier molecular flexibility index (Phi) is 6.86. The van der Waals surface area contributed by atoms with Crippen LogP contribution in [-0.2, 0) is 0 Å². The van der Waals surface area contributed by atoms with Gasteiger partial charge in [-0.25, -0.2) is 14.8 Å². The number of rotatable bonds is 8. The number of hydrogen-bond acceptors (Lipinski definition) is 7. The molecule has 2 aliphatic carbocycles. The van der Waals surface area contributed by atoms with Crippen molar-refractivity contribution in [2.24, 2.45) is 5.92 Å². The van der Waals surface area contributed by atoms with Gasteiger partial charge in [-0.15, -0.1) is 0 Å². The average Bonchev–Trinajstić information content (AvgIpc) is 3.73. The van der Waals surface area contributed by atoms with Crippen LogP contribution in [0, 0.1) is 17.2 Å². The summed E-state index contributed by atoms with van der Waals surface area (Å²) in [5, 5.41) is 13.0. The van der Waals surface area contributed by atoms with Crippen molar-refractivity contribution in [2.75, 3.05) is 12.3 Å². The summed E-state index contributed by atoms with van der Waals surface area (Å²) < 4.78 is 9.30. The van der Waals surface area contributed by atoms with Crippen molar-refractivity contribution >= 4 is 17.0 Å². The molecule has 3 N–H and O–H groups in total. The zero-order chi connectivity index (χ0) is 26.8. The van der Waals surface area contributed by atoms with Crippen LogP contribution in [0.25, 0.3) is 16.9 Å². The number of para-hydroxylation sites is 1. The molecule has 6 rings (SSSR count). The summed E-state index contributed by atoms with van der Waals surface area (Å²) in [6.07, 6.45) is 9.40. The fourth-order valence-corrected chi connectivity index (χ4v) is 5.40. The average molecular weight is 522 g/mol. The second-order valence-electron chi connectivity index (χ2n) is 10.4. The third-order valence-electron chi connectivity index (χ3n) is 7.60. The Hall–Kier alpha value is -4.42. The van der Waals surface area contributed by atoms with E-state index >= 15 is 0 Å². The lowest BCUT2D eigenvalue weighted by Gasteiger charge is -2.29. The monoisotopic (exact) mass is 521 g/mol. The number of anilines is 1. The van der Waals surface area contributed by atoms with Crippen molar-refractivity contribution in [2.45, 2.75) is 50.6 Å². The van der Waals surface area contributed by atoms with Crippen LogP contribution in [0.1, 0.15) is 44.6 Å². The van der Waals surface area contributed by atoms with E-state index in [1.165, 1.54) is 19.2 Å². The number of ether oxygens (including phenoxy) is 1. The number of nitrogens with one attached hydrogen (secondary N) is 1. The number of imidazole rings is 1. The second-order valence-corrected chi connectivity index (χ2v) is 10.4. The van der Waals surface area contributed by atoms with Gasteiger partial charge in [0, 0.05) is 24.2 Å². The number of nitrogen functional groups attached to an aromatic ring is 1. The van der Waals surface area contributed by atoms with Gasteiger partial charge in [-0.1, -0.05) is 24.3 Å². The summed E-state index contributed by atoms with van der Waals surface area (Å²) in [4.78, 5) is 22.5. The lowest BCUT2D eigenvalue weighted by Crippen LogP contribution is -2.37. The van der Waals surface area contributed by atoms with Crippen molar-refractivity contribution in [3.05, 3.63) is 83.1 Å². The second kappa shape index (κ2) is 10.8. The predicted octanol–water partition coefficient (Wildman–Crippen LogP) is 4.89. The van der Waals surface area contributed by atoms with E-state index in [1.54, 1.807) is 9.13 Å². The number of nitrogens with zero attached hydrogens (tertiary/aromatic N) is 5. The molecule has 2 aromatic carbocycles. The first-order valence-electron chi connectivity index (χ1n) is 13.5. The fraction of sp³-hybridized carbons (Fsp3) is 0.333. The molecule has 2 saturated carbocycles. The molecule has 2 aromatic heterocycles. The van der Waals surface area contributed by atoms with Gasteiger partial charge in [0.1, 0.15) is 23.3 Å². The maximum Gasteiger partial charge on any atom is 0.335 e. The van der Waals surface area contributed by atoms with E-state index in [2.05, 4.69) is 27.4 Å². The van der Waals surface area contributed by atoms with Crippen LogP contribution in [0.4, 0.5) is 5.82 Å². The van der Waals surface area contributed by atoms with Crippen LogP contribution in [0.3, 0.4) is 0 Å². The van der Waals surface area contributed by atoms with E-state index < -0.39 is 0 Å². The van der Waals surface area contributed by atoms with E-state index in [0.717, 1.165) is 37.0 Å². The van der Waals surface area contributed by atoms with Gasteiger partial charge >= 0.3 is 5.69 Å². The molecule has 0 amide bonds. The van der Waals surface area contributed by atoms with E-state index in [-0.39, 0.29) is 17.5 Å². The summed E-state index contributed by atoms with van der Waals surface area (Å²) in [5.74, 6) is 2.26. The zero-order valence-electron chi connectivity index (χ0n) is 21.7. The summed E-state index contributed by atoms with van der Waals surface area (Å²) >= 11 is 0. The summed E-state index contributed by atoms with van der Waals surface area (Å²) in [6, 6.07) is 19.6. The SMILES string of the molecule is N#C/C(=C\C1CC1)CN[C@H]1CC[C@@H](n2c(=O)n(-c3ccc(Oc4ccccc4)cc3)c3c(N)ncnc32)CC1. The highest BCUT2D eigenvalue weighted by Crippen LogP contribution is 2.33. The number of hydrogen-bond donors (Lipinski definition) is 2. The van der Waals surface area contributed by atoms with Gasteiger partial charge in [-0.05, 0) is 80.8 Å². The number of allylic oxidation sites excluding steroid dienone is 1. The van der Waals surface area contributed by atoms with Gasteiger partial charge in [0.25, 0.3) is 0 Å². The number of nitrogens with two attached hydrogens (primary N) is 1. The summed E-state index contributed by atoms with van der Waals surface area (Å²) in [6.45, 7) is 0.606. The van der Waals surface area contributed by atoms with Crippen LogP contribution in [0.15, 0.2) is 77.4 Å². The molecule has 9 heteroatoms. The first-order valence-corrected chi connectivity index (χ1v) is 13.5. The van der Waals surface area contributed by atoms with E-state index in [9.17, 15) is 10.1 Å². The predicted molar refractivity (Wildman–Crippen MR) is 150 cm³/mol. The highest BCUT2D eigenvalue weighted by Gasteiger charge is 2.28. The minimum atomic E-state index is -0.176. The smallest absolute Gasteiger partial charge is 0.335 e. The minimum Gasteiger partial charge on any atom is -0.457 e. The molecule has 0 radical (unpaired) electrons. The Labute approximate surface area is 226 Å². The Morgan fingerprint density at radius 1 is 1.03 bits per heavy atom. The van der Waals surface area contributed by atoms with Crippen molar-refractivity contribution in [3.63, 3.8) is 0 Å². The molecule has 2 heterocycles. The van der Waals surface area contributed by atoms with Crippen LogP contribution < -0.4 is 21.5 Å². The van der Waals surface area contributed by atoms with Gasteiger partial charge in [0.15, 0.2) is 11.5 Å². The standard InChI is InChI=1S/C30H31N7O2/c31-17-21(16-20-6-7-20)18-33-22-8-10-24(11-9-22)37-29-27(28(32)34-19-35-29)36(30(37)38)23-12-14-26(15-13-23)39-25-4-2-1-3-5-25/h1-5,12-16,19-20,22,24,33H,6-11,18H2,(H2,32,34,35)/b21-16+/t22-,24+. The minimum absolute atomic E-state index is 0.00623. The molecule has 39 heavy (non-hydrogen) atoms. The van der Waals surface area contributed by atoms with Crippen molar-refractivity contribution in [1.82, 2.24) is 24.4 Å². The molecule has 4 aromatic rings. The van der Waals surface area contributed by atoms with Crippen molar-refractivity contribution in [3.8, 4) is 23.3 Å². The largest absolute Gasteiger partial charge is 0.457 e. The number of benzene rings is 2. The van der Waals surface area contributed by atoms with Gasteiger partial charge in [0.05, 0.1) is 11.8 Å². The molecule has 0 bridgehead atoms. The molecule has 0 spiro atoms. The first-order chi connectivity index (χ1) is 19.1. The van der Waals surface area contributed by atoms with Gasteiger partial charge in [0.2, 0.25) is 0 Å². The molecule has 9 nitrogen and oxygen atoms in total. The molecular weight excluding hydrogens is 490 g/mol. The van der Waals surface area contributed by atoms with Gasteiger partial charge < -0.3 is 15.8 Å². The van der Waals surface area contributed by atoms with Gasteiger partial charge in [-0.2, -0.15) is 5.26 Å². The quantitative estimate of drug-likeness (QED) is 0.316. The van der Waals surface area contributed by atoms with E-state index in [4.69, 9.17) is 10.5 Å². The highest BCUT2D eigenvalue weighted by molar-refractivity contribution is 5.84.